The van der Waals surface area contributed by atoms with Crippen LogP contribution in [-0.4, -0.2) is 28.7 Å². The molecule has 0 saturated carbocycles. The van der Waals surface area contributed by atoms with Crippen LogP contribution in [0.25, 0.3) is 11.4 Å². The van der Waals surface area contributed by atoms with Crippen molar-refractivity contribution in [3.05, 3.63) is 29.9 Å². The van der Waals surface area contributed by atoms with Gasteiger partial charge in [-0.05, 0) is 25.6 Å². The molecule has 2 aromatic rings. The molecule has 0 fully saturated rings. The van der Waals surface area contributed by atoms with E-state index >= 15 is 0 Å². The van der Waals surface area contributed by atoms with Gasteiger partial charge in [0.1, 0.15) is 0 Å². The van der Waals surface area contributed by atoms with Crippen LogP contribution in [0.2, 0.25) is 0 Å². The van der Waals surface area contributed by atoms with Crippen molar-refractivity contribution in [1.29, 1.82) is 0 Å². The van der Waals surface area contributed by atoms with Crippen molar-refractivity contribution in [2.75, 3.05) is 13.6 Å². The zero-order valence-electron chi connectivity index (χ0n) is 9.40. The molecule has 5 nitrogen and oxygen atoms in total. The lowest BCUT2D eigenvalue weighted by molar-refractivity contribution is 0.377. The summed E-state index contributed by atoms with van der Waals surface area (Å²) in [4.78, 5) is 8.36. The van der Waals surface area contributed by atoms with E-state index in [0.29, 0.717) is 11.7 Å². The number of hydrogen-bond donors (Lipinski definition) is 1. The van der Waals surface area contributed by atoms with Crippen molar-refractivity contribution >= 4 is 0 Å². The normalized spacial score (nSPS) is 10.6. The molecule has 0 aliphatic heterocycles. The van der Waals surface area contributed by atoms with E-state index in [9.17, 15) is 0 Å². The molecule has 0 spiro atoms. The second-order valence-electron chi connectivity index (χ2n) is 3.56. The summed E-state index contributed by atoms with van der Waals surface area (Å²) >= 11 is 0. The highest BCUT2D eigenvalue weighted by molar-refractivity contribution is 5.57. The van der Waals surface area contributed by atoms with Gasteiger partial charge in [-0.1, -0.05) is 5.16 Å². The number of aromatic nitrogens is 3. The van der Waals surface area contributed by atoms with E-state index in [0.717, 1.165) is 24.1 Å². The Bertz CT molecular complexity index is 467. The van der Waals surface area contributed by atoms with E-state index in [1.807, 2.05) is 20.0 Å². The highest BCUT2D eigenvalue weighted by Crippen LogP contribution is 2.18. The van der Waals surface area contributed by atoms with Crippen molar-refractivity contribution < 1.29 is 4.52 Å². The number of nitrogens with one attached hydrogen (secondary N) is 1. The van der Waals surface area contributed by atoms with Gasteiger partial charge in [-0.15, -0.1) is 0 Å². The monoisotopic (exact) mass is 218 g/mol. The zero-order chi connectivity index (χ0) is 11.4. The van der Waals surface area contributed by atoms with Gasteiger partial charge in [0.25, 0.3) is 0 Å². The average Bonchev–Trinajstić information content (AvgIpc) is 2.75. The third kappa shape index (κ3) is 2.25. The Morgan fingerprint density at radius 2 is 2.31 bits per heavy atom. The third-order valence-corrected chi connectivity index (χ3v) is 2.32. The van der Waals surface area contributed by atoms with Crippen LogP contribution in [0.4, 0.5) is 0 Å². The van der Waals surface area contributed by atoms with Gasteiger partial charge in [-0.2, -0.15) is 4.98 Å². The van der Waals surface area contributed by atoms with Crippen molar-refractivity contribution in [1.82, 2.24) is 20.4 Å². The smallest absolute Gasteiger partial charge is 0.228 e. The maximum Gasteiger partial charge on any atom is 0.228 e. The number of nitrogens with zero attached hydrogens (tertiary/aromatic N) is 3. The molecule has 0 aliphatic rings. The average molecular weight is 218 g/mol. The van der Waals surface area contributed by atoms with E-state index in [-0.39, 0.29) is 0 Å². The van der Waals surface area contributed by atoms with Gasteiger partial charge in [0.05, 0.1) is 0 Å². The van der Waals surface area contributed by atoms with Crippen molar-refractivity contribution in [3.63, 3.8) is 0 Å². The molecule has 2 heterocycles. The first-order chi connectivity index (χ1) is 7.81. The van der Waals surface area contributed by atoms with Gasteiger partial charge in [0.2, 0.25) is 11.7 Å². The Hall–Kier alpha value is -1.75. The van der Waals surface area contributed by atoms with Gasteiger partial charge < -0.3 is 9.84 Å². The van der Waals surface area contributed by atoms with Crippen LogP contribution >= 0.6 is 0 Å². The van der Waals surface area contributed by atoms with E-state index in [1.54, 1.807) is 12.4 Å². The van der Waals surface area contributed by atoms with Crippen molar-refractivity contribution in [2.24, 2.45) is 0 Å². The van der Waals surface area contributed by atoms with E-state index in [2.05, 4.69) is 20.4 Å². The molecule has 0 amide bonds. The largest absolute Gasteiger partial charge is 0.339 e. The lowest BCUT2D eigenvalue weighted by atomic mass is 10.1. The quantitative estimate of drug-likeness (QED) is 0.835. The Kier molecular flexibility index (Phi) is 3.26. The van der Waals surface area contributed by atoms with Crippen LogP contribution in [0.5, 0.6) is 0 Å². The first kappa shape index (κ1) is 10.8. The first-order valence-corrected chi connectivity index (χ1v) is 5.19. The van der Waals surface area contributed by atoms with Crippen LogP contribution in [0.15, 0.2) is 23.0 Å². The summed E-state index contributed by atoms with van der Waals surface area (Å²) in [6.45, 7) is 2.81. The molecule has 0 radical (unpaired) electrons. The molecule has 1 N–H and O–H groups in total. The van der Waals surface area contributed by atoms with Gasteiger partial charge in [-0.25, -0.2) is 0 Å². The molecule has 2 aromatic heterocycles. The first-order valence-electron chi connectivity index (χ1n) is 5.19. The van der Waals surface area contributed by atoms with Crippen LogP contribution in [-0.2, 0) is 6.42 Å². The van der Waals surface area contributed by atoms with E-state index in [4.69, 9.17) is 4.52 Å². The van der Waals surface area contributed by atoms with E-state index in [1.165, 1.54) is 0 Å². The molecule has 5 heteroatoms. The van der Waals surface area contributed by atoms with Crippen molar-refractivity contribution in [2.45, 2.75) is 13.3 Å². The number of pyridine rings is 1. The highest BCUT2D eigenvalue weighted by atomic mass is 16.5. The van der Waals surface area contributed by atoms with Gasteiger partial charge in [0, 0.05) is 30.9 Å². The predicted molar refractivity (Wildman–Crippen MR) is 59.9 cm³/mol. The Morgan fingerprint density at radius 3 is 3.06 bits per heavy atom. The molecule has 0 bridgehead atoms. The molecule has 16 heavy (non-hydrogen) atoms. The highest BCUT2D eigenvalue weighted by Gasteiger charge is 2.09. The Balaban J connectivity index is 2.22. The van der Waals surface area contributed by atoms with Gasteiger partial charge in [0.15, 0.2) is 0 Å². The topological polar surface area (TPSA) is 63.8 Å². The zero-order valence-corrected chi connectivity index (χ0v) is 9.40. The summed E-state index contributed by atoms with van der Waals surface area (Å²) in [5.41, 5.74) is 2.01. The number of likely N-dealkylation sites (N-methyl/N-ethyl adjacent to an activating group) is 1. The summed E-state index contributed by atoms with van der Waals surface area (Å²) < 4.78 is 5.15. The van der Waals surface area contributed by atoms with Gasteiger partial charge >= 0.3 is 0 Å². The standard InChI is InChI=1S/C11H14N4O/c1-8-7-13-6-3-9(8)11-14-10(16-15-11)4-5-12-2/h3,6-7,12H,4-5H2,1-2H3. The molecule has 0 aliphatic carbocycles. The molecule has 0 saturated heterocycles. The minimum absolute atomic E-state index is 0.631. The summed E-state index contributed by atoms with van der Waals surface area (Å²) in [6.07, 6.45) is 4.26. The summed E-state index contributed by atoms with van der Waals surface area (Å²) in [7, 11) is 1.89. The second-order valence-corrected chi connectivity index (χ2v) is 3.56. The molecule has 0 unspecified atom stereocenters. The van der Waals surface area contributed by atoms with Crippen LogP contribution in [0.3, 0.4) is 0 Å². The molecular formula is C11H14N4O. The van der Waals surface area contributed by atoms with Crippen molar-refractivity contribution in [3.8, 4) is 11.4 Å². The minimum Gasteiger partial charge on any atom is -0.339 e. The fraction of sp³-hybridized carbons (Fsp3) is 0.364. The SMILES string of the molecule is CNCCc1nc(-c2ccncc2C)no1. The fourth-order valence-corrected chi connectivity index (χ4v) is 1.42. The lowest BCUT2D eigenvalue weighted by Crippen LogP contribution is -2.10. The summed E-state index contributed by atoms with van der Waals surface area (Å²) in [6, 6.07) is 1.89. The predicted octanol–water partition coefficient (Wildman–Crippen LogP) is 1.20. The Labute approximate surface area is 93.9 Å². The molecule has 2 rings (SSSR count). The number of hydrogen-bond acceptors (Lipinski definition) is 5. The Morgan fingerprint density at radius 1 is 1.44 bits per heavy atom. The lowest BCUT2D eigenvalue weighted by Gasteiger charge is -1.97. The molecular weight excluding hydrogens is 204 g/mol. The van der Waals surface area contributed by atoms with E-state index < -0.39 is 0 Å². The molecule has 84 valence electrons. The summed E-state index contributed by atoms with van der Waals surface area (Å²) in [5, 5.41) is 7.00. The van der Waals surface area contributed by atoms with Crippen LogP contribution in [0.1, 0.15) is 11.5 Å². The number of rotatable bonds is 4. The third-order valence-electron chi connectivity index (χ3n) is 2.32. The second kappa shape index (κ2) is 4.85. The fourth-order valence-electron chi connectivity index (χ4n) is 1.42. The molecule has 0 aromatic carbocycles. The maximum absolute atomic E-state index is 5.15. The minimum atomic E-state index is 0.631. The van der Waals surface area contributed by atoms with Crippen LogP contribution in [0, 0.1) is 6.92 Å². The maximum atomic E-state index is 5.15. The van der Waals surface area contributed by atoms with Gasteiger partial charge in [-0.3, -0.25) is 4.98 Å². The molecule has 0 atom stereocenters. The summed E-state index contributed by atoms with van der Waals surface area (Å²) in [5.74, 6) is 1.28. The van der Waals surface area contributed by atoms with Crippen LogP contribution < -0.4 is 5.32 Å². The number of aryl methyl sites for hydroxylation is 1.